The zero-order valence-corrected chi connectivity index (χ0v) is 12.2. The van der Waals surface area contributed by atoms with Gasteiger partial charge in [0.15, 0.2) is 0 Å². The average molecular weight is 256 g/mol. The molecule has 0 bridgehead atoms. The van der Waals surface area contributed by atoms with Crippen molar-refractivity contribution in [3.63, 3.8) is 0 Å². The van der Waals surface area contributed by atoms with Crippen molar-refractivity contribution in [2.75, 3.05) is 26.2 Å². The summed E-state index contributed by atoms with van der Waals surface area (Å²) in [5.41, 5.74) is 0.242. The molecule has 106 valence electrons. The van der Waals surface area contributed by atoms with Gasteiger partial charge >= 0.3 is 5.97 Å². The molecular formula is C14H28N2O2. The summed E-state index contributed by atoms with van der Waals surface area (Å²) in [4.78, 5) is 13.5. The summed E-state index contributed by atoms with van der Waals surface area (Å²) in [5.74, 6) is -0.874. The largest absolute Gasteiger partial charge is 0.481 e. The van der Waals surface area contributed by atoms with Gasteiger partial charge in [-0.2, -0.15) is 0 Å². The molecule has 1 heterocycles. The van der Waals surface area contributed by atoms with Crippen molar-refractivity contribution < 1.29 is 9.90 Å². The molecule has 4 nitrogen and oxygen atoms in total. The van der Waals surface area contributed by atoms with Crippen LogP contribution in [0.25, 0.3) is 0 Å². The second kappa shape index (κ2) is 6.53. The first-order valence-corrected chi connectivity index (χ1v) is 7.00. The summed E-state index contributed by atoms with van der Waals surface area (Å²) in [5, 5.41) is 12.7. The van der Waals surface area contributed by atoms with Crippen LogP contribution in [0.4, 0.5) is 0 Å². The standard InChI is InChI=1S/C14H28N2O2/c1-5-6-16-8-11(13(17)18)7-12(9-16)15-10-14(2,3)4/h11-12,15H,5-10H2,1-4H3,(H,17,18). The Morgan fingerprint density at radius 2 is 2.06 bits per heavy atom. The van der Waals surface area contributed by atoms with E-state index in [0.717, 1.165) is 32.5 Å². The lowest BCUT2D eigenvalue weighted by Crippen LogP contribution is -2.52. The maximum atomic E-state index is 11.2. The van der Waals surface area contributed by atoms with E-state index in [-0.39, 0.29) is 11.3 Å². The molecule has 2 unspecified atom stereocenters. The number of piperidine rings is 1. The molecule has 0 saturated carbocycles. The number of carboxylic acids is 1. The predicted molar refractivity (Wildman–Crippen MR) is 73.7 cm³/mol. The van der Waals surface area contributed by atoms with Crippen molar-refractivity contribution in [2.45, 2.75) is 46.6 Å². The molecule has 0 aromatic heterocycles. The number of nitrogens with one attached hydrogen (secondary N) is 1. The lowest BCUT2D eigenvalue weighted by Gasteiger charge is -2.37. The summed E-state index contributed by atoms with van der Waals surface area (Å²) in [6.45, 7) is 12.3. The highest BCUT2D eigenvalue weighted by molar-refractivity contribution is 5.70. The van der Waals surface area contributed by atoms with Gasteiger partial charge in [0.2, 0.25) is 0 Å². The first-order chi connectivity index (χ1) is 8.31. The fraction of sp³-hybridized carbons (Fsp3) is 0.929. The summed E-state index contributed by atoms with van der Waals surface area (Å²) in [6, 6.07) is 0.311. The normalized spacial score (nSPS) is 26.2. The molecule has 1 aliphatic rings. The summed E-state index contributed by atoms with van der Waals surface area (Å²) >= 11 is 0. The van der Waals surface area contributed by atoms with Gasteiger partial charge in [-0.15, -0.1) is 0 Å². The van der Waals surface area contributed by atoms with Gasteiger partial charge in [0.05, 0.1) is 5.92 Å². The monoisotopic (exact) mass is 256 g/mol. The van der Waals surface area contributed by atoms with Gasteiger partial charge in [-0.3, -0.25) is 4.79 Å². The van der Waals surface area contributed by atoms with Crippen molar-refractivity contribution in [1.29, 1.82) is 0 Å². The molecule has 1 saturated heterocycles. The number of carboxylic acid groups (broad SMARTS) is 1. The van der Waals surface area contributed by atoms with Crippen LogP contribution in [0.1, 0.15) is 40.5 Å². The third-order valence-electron chi connectivity index (χ3n) is 3.34. The number of aliphatic carboxylic acids is 1. The van der Waals surface area contributed by atoms with Crippen molar-refractivity contribution in [1.82, 2.24) is 10.2 Å². The molecule has 0 aliphatic carbocycles. The Bertz CT molecular complexity index is 273. The Balaban J connectivity index is 2.53. The van der Waals surface area contributed by atoms with E-state index in [1.807, 2.05) is 0 Å². The number of nitrogens with zero attached hydrogens (tertiary/aromatic N) is 1. The predicted octanol–water partition coefficient (Wildman–Crippen LogP) is 1.81. The van der Waals surface area contributed by atoms with Crippen LogP contribution in [-0.2, 0) is 4.79 Å². The maximum absolute atomic E-state index is 11.2. The third kappa shape index (κ3) is 5.36. The maximum Gasteiger partial charge on any atom is 0.307 e. The van der Waals surface area contributed by atoms with Crippen LogP contribution in [-0.4, -0.2) is 48.2 Å². The van der Waals surface area contributed by atoms with E-state index in [1.54, 1.807) is 0 Å². The van der Waals surface area contributed by atoms with Crippen LogP contribution in [0.2, 0.25) is 0 Å². The molecule has 0 amide bonds. The second-order valence-electron chi connectivity index (χ2n) is 6.67. The van der Waals surface area contributed by atoms with Gasteiger partial charge in [0, 0.05) is 25.7 Å². The number of rotatable bonds is 5. The van der Waals surface area contributed by atoms with Crippen molar-refractivity contribution in [2.24, 2.45) is 11.3 Å². The molecule has 1 aliphatic heterocycles. The zero-order chi connectivity index (χ0) is 13.8. The summed E-state index contributed by atoms with van der Waals surface area (Å²) in [7, 11) is 0. The SMILES string of the molecule is CCCN1CC(NCC(C)(C)C)CC(C(=O)O)C1. The smallest absolute Gasteiger partial charge is 0.307 e. The fourth-order valence-corrected chi connectivity index (χ4v) is 2.47. The summed E-state index contributed by atoms with van der Waals surface area (Å²) < 4.78 is 0. The first-order valence-electron chi connectivity index (χ1n) is 7.00. The highest BCUT2D eigenvalue weighted by Gasteiger charge is 2.31. The fourth-order valence-electron chi connectivity index (χ4n) is 2.47. The molecule has 18 heavy (non-hydrogen) atoms. The molecule has 1 fully saturated rings. The molecule has 2 atom stereocenters. The molecule has 0 spiro atoms. The van der Waals surface area contributed by atoms with Gasteiger partial charge in [0.1, 0.15) is 0 Å². The van der Waals surface area contributed by atoms with Gasteiger partial charge in [-0.1, -0.05) is 27.7 Å². The van der Waals surface area contributed by atoms with E-state index in [1.165, 1.54) is 0 Å². The Kier molecular flexibility index (Phi) is 5.60. The molecule has 0 aromatic rings. The Hall–Kier alpha value is -0.610. The molecular weight excluding hydrogens is 228 g/mol. The summed E-state index contributed by atoms with van der Waals surface area (Å²) in [6.07, 6.45) is 1.84. The van der Waals surface area contributed by atoms with Crippen molar-refractivity contribution >= 4 is 5.97 Å². The van der Waals surface area contributed by atoms with Gasteiger partial charge in [0.25, 0.3) is 0 Å². The Morgan fingerprint density at radius 1 is 1.39 bits per heavy atom. The van der Waals surface area contributed by atoms with E-state index in [0.29, 0.717) is 12.6 Å². The van der Waals surface area contributed by atoms with Gasteiger partial charge in [-0.25, -0.2) is 0 Å². The minimum Gasteiger partial charge on any atom is -0.481 e. The topological polar surface area (TPSA) is 52.6 Å². The van der Waals surface area contributed by atoms with Crippen LogP contribution in [0.3, 0.4) is 0 Å². The van der Waals surface area contributed by atoms with Gasteiger partial charge < -0.3 is 15.3 Å². The second-order valence-corrected chi connectivity index (χ2v) is 6.67. The molecule has 0 radical (unpaired) electrons. The van der Waals surface area contributed by atoms with Gasteiger partial charge in [-0.05, 0) is 24.8 Å². The van der Waals surface area contributed by atoms with Crippen molar-refractivity contribution in [3.05, 3.63) is 0 Å². The number of hydrogen-bond acceptors (Lipinski definition) is 3. The number of carbonyl (C=O) groups is 1. The van der Waals surface area contributed by atoms with E-state index in [4.69, 9.17) is 0 Å². The highest BCUT2D eigenvalue weighted by atomic mass is 16.4. The van der Waals surface area contributed by atoms with E-state index in [2.05, 4.69) is 37.9 Å². The number of hydrogen-bond donors (Lipinski definition) is 2. The lowest BCUT2D eigenvalue weighted by atomic mass is 9.92. The lowest BCUT2D eigenvalue weighted by molar-refractivity contribution is -0.144. The molecule has 2 N–H and O–H groups in total. The zero-order valence-electron chi connectivity index (χ0n) is 12.2. The minimum absolute atomic E-state index is 0.220. The number of likely N-dealkylation sites (tertiary alicyclic amines) is 1. The first kappa shape index (κ1) is 15.4. The van der Waals surface area contributed by atoms with Crippen molar-refractivity contribution in [3.8, 4) is 0 Å². The minimum atomic E-state index is -0.654. The average Bonchev–Trinajstić information content (AvgIpc) is 2.25. The van der Waals surface area contributed by atoms with Crippen LogP contribution in [0.5, 0.6) is 0 Å². The molecule has 4 heteroatoms. The quantitative estimate of drug-likeness (QED) is 0.787. The van der Waals surface area contributed by atoms with Crippen LogP contribution in [0.15, 0.2) is 0 Å². The third-order valence-corrected chi connectivity index (χ3v) is 3.34. The Labute approximate surface area is 111 Å². The van der Waals surface area contributed by atoms with Crippen LogP contribution < -0.4 is 5.32 Å². The van der Waals surface area contributed by atoms with E-state index in [9.17, 15) is 9.90 Å². The molecule has 0 aromatic carbocycles. The highest BCUT2D eigenvalue weighted by Crippen LogP contribution is 2.19. The Morgan fingerprint density at radius 3 is 2.56 bits per heavy atom. The van der Waals surface area contributed by atoms with Crippen LogP contribution in [0, 0.1) is 11.3 Å². The van der Waals surface area contributed by atoms with E-state index < -0.39 is 5.97 Å². The van der Waals surface area contributed by atoms with E-state index >= 15 is 0 Å². The molecule has 1 rings (SSSR count). The van der Waals surface area contributed by atoms with Crippen LogP contribution >= 0.6 is 0 Å².